The average Bonchev–Trinajstić information content (AvgIpc) is 2.81. The Morgan fingerprint density at radius 1 is 1.31 bits per heavy atom. The van der Waals surface area contributed by atoms with Gasteiger partial charge in [0.25, 0.3) is 0 Å². The smallest absolute Gasteiger partial charge is 0.132 e. The lowest BCUT2D eigenvalue weighted by Crippen LogP contribution is -2.49. The number of hydrogen-bond acceptors (Lipinski definition) is 0. The van der Waals surface area contributed by atoms with Crippen LogP contribution in [0, 0.1) is 11.7 Å². The molecule has 1 aliphatic carbocycles. The fourth-order valence-corrected chi connectivity index (χ4v) is 3.73. The monoisotopic (exact) mass is 220 g/mol. The van der Waals surface area contributed by atoms with E-state index in [1.54, 1.807) is 12.1 Å². The first kappa shape index (κ1) is 10.3. The van der Waals surface area contributed by atoms with Crippen molar-refractivity contribution in [3.8, 4) is 0 Å². The number of likely N-dealkylation sites (tertiary alicyclic amines) is 1. The number of quaternary nitrogens is 1. The van der Waals surface area contributed by atoms with Crippen molar-refractivity contribution in [2.24, 2.45) is 5.92 Å². The number of hydrogen-bond donors (Lipinski definition) is 0. The molecular formula is C14H19FN+. The van der Waals surface area contributed by atoms with Crippen LogP contribution in [0.3, 0.4) is 0 Å². The van der Waals surface area contributed by atoms with E-state index in [1.165, 1.54) is 25.8 Å². The summed E-state index contributed by atoms with van der Waals surface area (Å²) in [5.41, 5.74) is 0.887. The molecule has 0 N–H and O–H groups in total. The number of rotatable bonds is 2. The van der Waals surface area contributed by atoms with Crippen LogP contribution >= 0.6 is 0 Å². The van der Waals surface area contributed by atoms with Crippen molar-refractivity contribution in [3.05, 3.63) is 35.6 Å². The molecule has 86 valence electrons. The van der Waals surface area contributed by atoms with Gasteiger partial charge in [0, 0.05) is 17.9 Å². The highest BCUT2D eigenvalue weighted by Crippen LogP contribution is 2.42. The van der Waals surface area contributed by atoms with Crippen LogP contribution in [-0.4, -0.2) is 24.1 Å². The van der Waals surface area contributed by atoms with E-state index in [-0.39, 0.29) is 5.82 Å². The van der Waals surface area contributed by atoms with E-state index >= 15 is 0 Å². The minimum Gasteiger partial charge on any atom is -0.320 e. The van der Waals surface area contributed by atoms with Crippen LogP contribution < -0.4 is 0 Å². The molecule has 3 rings (SSSR count). The Labute approximate surface area is 96.5 Å². The summed E-state index contributed by atoms with van der Waals surface area (Å²) in [4.78, 5) is 0. The predicted octanol–water partition coefficient (Wildman–Crippen LogP) is 2.95. The third-order valence-corrected chi connectivity index (χ3v) is 4.56. The van der Waals surface area contributed by atoms with E-state index in [9.17, 15) is 4.39 Å². The fourth-order valence-electron chi connectivity index (χ4n) is 3.73. The van der Waals surface area contributed by atoms with Gasteiger partial charge in [-0.3, -0.25) is 0 Å². The summed E-state index contributed by atoms with van der Waals surface area (Å²) >= 11 is 0. The van der Waals surface area contributed by atoms with Gasteiger partial charge < -0.3 is 4.48 Å². The van der Waals surface area contributed by atoms with Crippen molar-refractivity contribution in [1.29, 1.82) is 0 Å². The number of piperidine rings is 1. The molecular weight excluding hydrogens is 201 g/mol. The Balaban J connectivity index is 1.82. The first-order valence-corrected chi connectivity index (χ1v) is 6.25. The molecule has 2 bridgehead atoms. The molecule has 1 heterocycles. The summed E-state index contributed by atoms with van der Waals surface area (Å²) in [6.07, 6.45) is 4.11. The zero-order chi connectivity index (χ0) is 11.2. The molecule has 1 aliphatic heterocycles. The third kappa shape index (κ3) is 1.56. The van der Waals surface area contributed by atoms with E-state index in [0.717, 1.165) is 28.6 Å². The molecule has 1 saturated carbocycles. The fraction of sp³-hybridized carbons (Fsp3) is 0.571. The zero-order valence-electron chi connectivity index (χ0n) is 9.82. The third-order valence-electron chi connectivity index (χ3n) is 4.56. The van der Waals surface area contributed by atoms with Gasteiger partial charge in [-0.05, 0) is 18.9 Å². The second-order valence-electron chi connectivity index (χ2n) is 5.74. The van der Waals surface area contributed by atoms with E-state index in [2.05, 4.69) is 7.05 Å². The summed E-state index contributed by atoms with van der Waals surface area (Å²) in [7, 11) is 2.30. The Hall–Kier alpha value is -0.890. The Morgan fingerprint density at radius 3 is 2.75 bits per heavy atom. The lowest BCUT2D eigenvalue weighted by atomic mass is 10.1. The molecule has 2 aliphatic rings. The average molecular weight is 220 g/mol. The standard InChI is InChI=1S/C14H19FN/c1-16(9-11-6-7-13(16)8-11)10-12-4-2-3-5-14(12)15/h2-5,11,13H,6-10H2,1H3/q+1. The largest absolute Gasteiger partial charge is 0.320 e. The topological polar surface area (TPSA) is 0 Å². The Kier molecular flexibility index (Phi) is 2.28. The van der Waals surface area contributed by atoms with Gasteiger partial charge in [-0.2, -0.15) is 0 Å². The van der Waals surface area contributed by atoms with Gasteiger partial charge in [-0.25, -0.2) is 4.39 Å². The molecule has 0 amide bonds. The first-order chi connectivity index (χ1) is 7.67. The molecule has 2 fully saturated rings. The SMILES string of the molecule is C[N+]1(Cc2ccccc2F)CC2CCC1C2. The zero-order valence-corrected chi connectivity index (χ0v) is 9.82. The molecule has 16 heavy (non-hydrogen) atoms. The normalized spacial score (nSPS) is 36.9. The van der Waals surface area contributed by atoms with Crippen LogP contribution in [0.5, 0.6) is 0 Å². The van der Waals surface area contributed by atoms with Crippen molar-refractivity contribution in [2.75, 3.05) is 13.6 Å². The molecule has 1 aromatic rings. The van der Waals surface area contributed by atoms with E-state index in [0.29, 0.717) is 0 Å². The molecule has 3 unspecified atom stereocenters. The van der Waals surface area contributed by atoms with Crippen molar-refractivity contribution >= 4 is 0 Å². The summed E-state index contributed by atoms with van der Waals surface area (Å²) in [5, 5.41) is 0. The van der Waals surface area contributed by atoms with Gasteiger partial charge in [0.05, 0.1) is 19.6 Å². The highest BCUT2D eigenvalue weighted by Gasteiger charge is 2.48. The van der Waals surface area contributed by atoms with Crippen LogP contribution in [0.2, 0.25) is 0 Å². The maximum Gasteiger partial charge on any atom is 0.132 e. The van der Waals surface area contributed by atoms with Crippen LogP contribution in [-0.2, 0) is 6.54 Å². The number of halogens is 1. The van der Waals surface area contributed by atoms with Gasteiger partial charge >= 0.3 is 0 Å². The maximum atomic E-state index is 13.6. The molecule has 0 spiro atoms. The molecule has 0 aromatic heterocycles. The summed E-state index contributed by atoms with van der Waals surface area (Å²) < 4.78 is 14.7. The van der Waals surface area contributed by atoms with Crippen LogP contribution in [0.1, 0.15) is 24.8 Å². The second-order valence-corrected chi connectivity index (χ2v) is 5.74. The first-order valence-electron chi connectivity index (χ1n) is 6.25. The highest BCUT2D eigenvalue weighted by atomic mass is 19.1. The lowest BCUT2D eigenvalue weighted by Gasteiger charge is -2.38. The van der Waals surface area contributed by atoms with Crippen molar-refractivity contribution in [2.45, 2.75) is 31.8 Å². The van der Waals surface area contributed by atoms with Crippen molar-refractivity contribution < 1.29 is 8.87 Å². The Morgan fingerprint density at radius 2 is 2.12 bits per heavy atom. The number of nitrogens with zero attached hydrogens (tertiary/aromatic N) is 1. The molecule has 1 nitrogen and oxygen atoms in total. The van der Waals surface area contributed by atoms with E-state index in [4.69, 9.17) is 0 Å². The molecule has 2 heteroatoms. The van der Waals surface area contributed by atoms with E-state index in [1.807, 2.05) is 12.1 Å². The molecule has 1 saturated heterocycles. The minimum absolute atomic E-state index is 0.0374. The molecule has 3 atom stereocenters. The summed E-state index contributed by atoms with van der Waals surface area (Å²) in [6.45, 7) is 2.12. The van der Waals surface area contributed by atoms with Crippen LogP contribution in [0.4, 0.5) is 4.39 Å². The number of benzene rings is 1. The second kappa shape index (κ2) is 3.56. The van der Waals surface area contributed by atoms with E-state index < -0.39 is 0 Å². The number of fused-ring (bicyclic) bond motifs is 2. The quantitative estimate of drug-likeness (QED) is 0.672. The van der Waals surface area contributed by atoms with Gasteiger partial charge in [0.15, 0.2) is 0 Å². The Bertz CT molecular complexity index is 403. The van der Waals surface area contributed by atoms with Crippen molar-refractivity contribution in [3.63, 3.8) is 0 Å². The minimum atomic E-state index is -0.0374. The maximum absolute atomic E-state index is 13.6. The van der Waals surface area contributed by atoms with Gasteiger partial charge in [0.1, 0.15) is 12.4 Å². The highest BCUT2D eigenvalue weighted by molar-refractivity contribution is 5.16. The van der Waals surface area contributed by atoms with Gasteiger partial charge in [-0.1, -0.05) is 18.2 Å². The lowest BCUT2D eigenvalue weighted by molar-refractivity contribution is -0.938. The van der Waals surface area contributed by atoms with Gasteiger partial charge in [0.2, 0.25) is 0 Å². The summed E-state index contributed by atoms with van der Waals surface area (Å²) in [5.74, 6) is 0.867. The van der Waals surface area contributed by atoms with Crippen LogP contribution in [0.15, 0.2) is 24.3 Å². The van der Waals surface area contributed by atoms with Crippen molar-refractivity contribution in [1.82, 2.24) is 0 Å². The molecule has 1 aromatic carbocycles. The van der Waals surface area contributed by atoms with Gasteiger partial charge in [-0.15, -0.1) is 0 Å². The predicted molar refractivity (Wildman–Crippen MR) is 62.3 cm³/mol. The molecule has 0 radical (unpaired) electrons. The summed E-state index contributed by atoms with van der Waals surface area (Å²) in [6, 6.07) is 8.01. The van der Waals surface area contributed by atoms with Crippen LogP contribution in [0.25, 0.3) is 0 Å².